The number of rotatable bonds is 9. The van der Waals surface area contributed by atoms with Gasteiger partial charge in [0.15, 0.2) is 15.8 Å². The van der Waals surface area contributed by atoms with E-state index >= 15 is 0 Å². The quantitative estimate of drug-likeness (QED) is 0.310. The van der Waals surface area contributed by atoms with Crippen LogP contribution < -0.4 is 10.6 Å². The molecule has 7 nitrogen and oxygen atoms in total. The van der Waals surface area contributed by atoms with Gasteiger partial charge < -0.3 is 10.6 Å². The first-order valence-corrected chi connectivity index (χ1v) is 10.7. The highest BCUT2D eigenvalue weighted by molar-refractivity contribution is 14.0. The number of nitrogens with zero attached hydrogens (tertiary/aromatic N) is 3. The second-order valence-electron chi connectivity index (χ2n) is 5.79. The Bertz CT molecular complexity index is 790. The third kappa shape index (κ3) is 8.29. The summed E-state index contributed by atoms with van der Waals surface area (Å²) in [5.41, 5.74) is 2.23. The zero-order valence-corrected chi connectivity index (χ0v) is 18.9. The lowest BCUT2D eigenvalue weighted by Crippen LogP contribution is -2.38. The minimum Gasteiger partial charge on any atom is -0.357 e. The van der Waals surface area contributed by atoms with Crippen molar-refractivity contribution in [3.8, 4) is 5.69 Å². The first-order valence-electron chi connectivity index (χ1n) is 8.85. The van der Waals surface area contributed by atoms with Crippen molar-refractivity contribution in [1.29, 1.82) is 0 Å². The molecule has 0 aliphatic rings. The first-order chi connectivity index (χ1) is 12.5. The van der Waals surface area contributed by atoms with Gasteiger partial charge in [0.2, 0.25) is 0 Å². The Balaban J connectivity index is 0.00000364. The van der Waals surface area contributed by atoms with E-state index < -0.39 is 9.84 Å². The van der Waals surface area contributed by atoms with E-state index in [1.807, 2.05) is 36.0 Å². The number of nitrogens with one attached hydrogen (secondary N) is 2. The smallest absolute Gasteiger partial charge is 0.191 e. The molecule has 0 saturated carbocycles. The fourth-order valence-corrected chi connectivity index (χ4v) is 3.00. The molecule has 0 aliphatic heterocycles. The molecule has 9 heteroatoms. The normalized spacial score (nSPS) is 11.7. The summed E-state index contributed by atoms with van der Waals surface area (Å²) in [7, 11) is -2.99. The second-order valence-corrected chi connectivity index (χ2v) is 8.26. The van der Waals surface area contributed by atoms with Crippen molar-refractivity contribution in [3.05, 3.63) is 48.3 Å². The van der Waals surface area contributed by atoms with E-state index in [0.717, 1.165) is 18.7 Å². The van der Waals surface area contributed by atoms with Crippen molar-refractivity contribution in [2.45, 2.75) is 20.3 Å². The number of aliphatic imine (C=N–C) groups is 1. The van der Waals surface area contributed by atoms with Crippen molar-refractivity contribution in [3.63, 3.8) is 0 Å². The summed E-state index contributed by atoms with van der Waals surface area (Å²) >= 11 is 0. The molecule has 1 aromatic carbocycles. The number of aromatic nitrogens is 2. The highest BCUT2D eigenvalue weighted by atomic mass is 127. The minimum atomic E-state index is -2.99. The van der Waals surface area contributed by atoms with Crippen LogP contribution in [-0.2, 0) is 16.3 Å². The summed E-state index contributed by atoms with van der Waals surface area (Å²) in [6, 6.07) is 10.1. The number of hydrogen-bond donors (Lipinski definition) is 2. The second kappa shape index (κ2) is 12.0. The summed E-state index contributed by atoms with van der Waals surface area (Å²) in [6.07, 6.45) is 4.51. The molecule has 0 atom stereocenters. The maximum atomic E-state index is 11.5. The molecule has 2 aromatic rings. The molecule has 2 rings (SSSR count). The Morgan fingerprint density at radius 1 is 1.19 bits per heavy atom. The number of hydrogen-bond acceptors (Lipinski definition) is 4. The van der Waals surface area contributed by atoms with Crippen molar-refractivity contribution in [2.24, 2.45) is 4.99 Å². The monoisotopic (exact) mass is 505 g/mol. The van der Waals surface area contributed by atoms with Gasteiger partial charge in [-0.05, 0) is 37.1 Å². The molecule has 1 heterocycles. The highest BCUT2D eigenvalue weighted by Crippen LogP contribution is 2.08. The predicted molar refractivity (Wildman–Crippen MR) is 121 cm³/mol. The molecule has 0 radical (unpaired) electrons. The predicted octanol–water partition coefficient (Wildman–Crippen LogP) is 2.02. The number of halogens is 1. The Kier molecular flexibility index (Phi) is 10.4. The van der Waals surface area contributed by atoms with Gasteiger partial charge in [-0.2, -0.15) is 5.10 Å². The number of sulfone groups is 1. The Morgan fingerprint density at radius 2 is 1.93 bits per heavy atom. The van der Waals surface area contributed by atoms with Crippen molar-refractivity contribution < 1.29 is 8.42 Å². The van der Waals surface area contributed by atoms with Crippen LogP contribution in [0, 0.1) is 0 Å². The van der Waals surface area contributed by atoms with Crippen LogP contribution in [0.15, 0.2) is 47.7 Å². The van der Waals surface area contributed by atoms with E-state index in [0.29, 0.717) is 12.5 Å². The van der Waals surface area contributed by atoms with E-state index in [1.165, 1.54) is 5.56 Å². The molecule has 0 amide bonds. The SMILES string of the molecule is CCNC(=NCCS(=O)(=O)CC)NCCc1ccc(-n2cccn2)cc1.I. The summed E-state index contributed by atoms with van der Waals surface area (Å²) < 4.78 is 24.9. The van der Waals surface area contributed by atoms with Gasteiger partial charge in [-0.3, -0.25) is 4.99 Å². The van der Waals surface area contributed by atoms with Crippen LogP contribution in [0.25, 0.3) is 5.69 Å². The van der Waals surface area contributed by atoms with Gasteiger partial charge in [0.25, 0.3) is 0 Å². The van der Waals surface area contributed by atoms with Gasteiger partial charge in [0.05, 0.1) is 18.0 Å². The van der Waals surface area contributed by atoms with Crippen LogP contribution in [0.4, 0.5) is 0 Å². The standard InChI is InChI=1S/C18H27N5O2S.HI/c1-3-19-18(21-13-15-26(24,25)4-2)20-12-10-16-6-8-17(9-7-16)23-14-5-11-22-23;/h5-9,11,14H,3-4,10,12-13,15H2,1-2H3,(H2,19,20,21);1H. The van der Waals surface area contributed by atoms with Crippen LogP contribution in [0.5, 0.6) is 0 Å². The zero-order chi connectivity index (χ0) is 18.8. The summed E-state index contributed by atoms with van der Waals surface area (Å²) in [4.78, 5) is 4.33. The van der Waals surface area contributed by atoms with Crippen LogP contribution in [0.2, 0.25) is 0 Å². The average molecular weight is 505 g/mol. The Labute approximate surface area is 178 Å². The summed E-state index contributed by atoms with van der Waals surface area (Å²) in [5.74, 6) is 0.877. The number of benzene rings is 1. The molecular weight excluding hydrogens is 477 g/mol. The van der Waals surface area contributed by atoms with E-state index in [1.54, 1.807) is 13.1 Å². The fraction of sp³-hybridized carbons (Fsp3) is 0.444. The zero-order valence-electron chi connectivity index (χ0n) is 15.8. The Hall–Kier alpha value is -1.62. The summed E-state index contributed by atoms with van der Waals surface area (Å²) in [6.45, 7) is 5.34. The van der Waals surface area contributed by atoms with E-state index in [-0.39, 0.29) is 42.0 Å². The van der Waals surface area contributed by atoms with Gasteiger partial charge in [-0.15, -0.1) is 24.0 Å². The molecule has 0 bridgehead atoms. The van der Waals surface area contributed by atoms with Gasteiger partial charge in [-0.25, -0.2) is 13.1 Å². The van der Waals surface area contributed by atoms with E-state index in [4.69, 9.17) is 0 Å². The molecular formula is C18H28IN5O2S. The van der Waals surface area contributed by atoms with Crippen LogP contribution >= 0.6 is 24.0 Å². The van der Waals surface area contributed by atoms with E-state index in [2.05, 4.69) is 32.9 Å². The molecule has 0 spiro atoms. The molecule has 0 saturated heterocycles. The van der Waals surface area contributed by atoms with Gasteiger partial charge in [0.1, 0.15) is 0 Å². The minimum absolute atomic E-state index is 0. The van der Waals surface area contributed by atoms with Crippen molar-refractivity contribution >= 4 is 39.8 Å². The topological polar surface area (TPSA) is 88.4 Å². The highest BCUT2D eigenvalue weighted by Gasteiger charge is 2.06. The van der Waals surface area contributed by atoms with Gasteiger partial charge in [-0.1, -0.05) is 19.1 Å². The summed E-state index contributed by atoms with van der Waals surface area (Å²) in [5, 5.41) is 10.6. The molecule has 1 aromatic heterocycles. The molecule has 2 N–H and O–H groups in total. The van der Waals surface area contributed by atoms with Gasteiger partial charge in [0, 0.05) is 31.2 Å². The molecule has 27 heavy (non-hydrogen) atoms. The Morgan fingerprint density at radius 3 is 2.52 bits per heavy atom. The maximum Gasteiger partial charge on any atom is 0.191 e. The third-order valence-electron chi connectivity index (χ3n) is 3.87. The molecule has 0 unspecified atom stereocenters. The lowest BCUT2D eigenvalue weighted by molar-refractivity contribution is 0.597. The fourth-order valence-electron chi connectivity index (χ4n) is 2.34. The van der Waals surface area contributed by atoms with Crippen molar-refractivity contribution in [2.75, 3.05) is 31.1 Å². The lowest BCUT2D eigenvalue weighted by Gasteiger charge is -2.11. The first kappa shape index (κ1) is 23.4. The van der Waals surface area contributed by atoms with Gasteiger partial charge >= 0.3 is 0 Å². The molecule has 0 fully saturated rings. The third-order valence-corrected chi connectivity index (χ3v) is 5.55. The van der Waals surface area contributed by atoms with Crippen LogP contribution in [0.1, 0.15) is 19.4 Å². The number of guanidine groups is 1. The van der Waals surface area contributed by atoms with Crippen LogP contribution in [-0.4, -0.2) is 55.3 Å². The average Bonchev–Trinajstić information content (AvgIpc) is 3.17. The molecule has 0 aliphatic carbocycles. The maximum absolute atomic E-state index is 11.5. The van der Waals surface area contributed by atoms with E-state index in [9.17, 15) is 8.42 Å². The van der Waals surface area contributed by atoms with Crippen LogP contribution in [0.3, 0.4) is 0 Å². The lowest BCUT2D eigenvalue weighted by atomic mass is 10.1. The molecule has 150 valence electrons. The largest absolute Gasteiger partial charge is 0.357 e. The van der Waals surface area contributed by atoms with Crippen molar-refractivity contribution in [1.82, 2.24) is 20.4 Å².